The fourth-order valence-corrected chi connectivity index (χ4v) is 2.57. The van der Waals surface area contributed by atoms with Crippen LogP contribution in [0.3, 0.4) is 0 Å². The molecule has 0 saturated carbocycles. The fourth-order valence-electron chi connectivity index (χ4n) is 2.57. The molecule has 3 N–H and O–H groups in total. The SMILES string of the molecule is CCC(C)C(N)C(=O)N1CCCCC1CCC(=O)O. The summed E-state index contributed by atoms with van der Waals surface area (Å²) in [6, 6.07) is -0.414. The molecule has 19 heavy (non-hydrogen) atoms. The first-order valence-electron chi connectivity index (χ1n) is 7.25. The number of nitrogens with zero attached hydrogens (tertiary/aromatic N) is 1. The molecule has 3 atom stereocenters. The summed E-state index contributed by atoms with van der Waals surface area (Å²) in [7, 11) is 0. The van der Waals surface area contributed by atoms with Gasteiger partial charge in [-0.25, -0.2) is 0 Å². The van der Waals surface area contributed by atoms with Crippen molar-refractivity contribution >= 4 is 11.9 Å². The maximum Gasteiger partial charge on any atom is 0.303 e. The van der Waals surface area contributed by atoms with Crippen molar-refractivity contribution in [1.29, 1.82) is 0 Å². The van der Waals surface area contributed by atoms with Gasteiger partial charge in [0, 0.05) is 19.0 Å². The van der Waals surface area contributed by atoms with Crippen molar-refractivity contribution in [3.05, 3.63) is 0 Å². The van der Waals surface area contributed by atoms with Crippen LogP contribution in [0.25, 0.3) is 0 Å². The number of piperidine rings is 1. The van der Waals surface area contributed by atoms with Crippen molar-refractivity contribution in [3.8, 4) is 0 Å². The number of hydrogen-bond acceptors (Lipinski definition) is 3. The van der Waals surface area contributed by atoms with Gasteiger partial charge in [-0.05, 0) is 31.6 Å². The molecule has 110 valence electrons. The van der Waals surface area contributed by atoms with Crippen LogP contribution >= 0.6 is 0 Å². The van der Waals surface area contributed by atoms with Gasteiger partial charge in [0.1, 0.15) is 0 Å². The largest absolute Gasteiger partial charge is 0.481 e. The predicted molar refractivity (Wildman–Crippen MR) is 73.7 cm³/mol. The molecule has 5 heteroatoms. The number of nitrogens with two attached hydrogens (primary N) is 1. The Kier molecular flexibility index (Phi) is 6.28. The Hall–Kier alpha value is -1.10. The molecular formula is C14H26N2O3. The molecule has 1 rings (SSSR count). The van der Waals surface area contributed by atoms with E-state index in [0.29, 0.717) is 13.0 Å². The summed E-state index contributed by atoms with van der Waals surface area (Å²) in [5.74, 6) is -0.650. The summed E-state index contributed by atoms with van der Waals surface area (Å²) in [5.41, 5.74) is 6.01. The quantitative estimate of drug-likeness (QED) is 0.768. The second-order valence-corrected chi connectivity index (χ2v) is 5.52. The molecule has 1 aliphatic rings. The number of hydrogen-bond donors (Lipinski definition) is 2. The Morgan fingerprint density at radius 3 is 2.68 bits per heavy atom. The van der Waals surface area contributed by atoms with Crippen LogP contribution in [0, 0.1) is 5.92 Å². The Morgan fingerprint density at radius 1 is 1.42 bits per heavy atom. The van der Waals surface area contributed by atoms with Gasteiger partial charge in [0.05, 0.1) is 6.04 Å². The van der Waals surface area contributed by atoms with E-state index < -0.39 is 12.0 Å². The molecule has 0 aliphatic carbocycles. The van der Waals surface area contributed by atoms with Crippen LogP contribution in [0.4, 0.5) is 0 Å². The smallest absolute Gasteiger partial charge is 0.303 e. The summed E-state index contributed by atoms with van der Waals surface area (Å²) >= 11 is 0. The first-order valence-corrected chi connectivity index (χ1v) is 7.25. The van der Waals surface area contributed by atoms with Gasteiger partial charge in [-0.3, -0.25) is 9.59 Å². The van der Waals surface area contributed by atoms with Gasteiger partial charge in [0.25, 0.3) is 0 Å². The van der Waals surface area contributed by atoms with Crippen LogP contribution in [0.5, 0.6) is 0 Å². The third-order valence-corrected chi connectivity index (χ3v) is 4.14. The zero-order valence-electron chi connectivity index (χ0n) is 12.0. The lowest BCUT2D eigenvalue weighted by atomic mass is 9.93. The van der Waals surface area contributed by atoms with E-state index >= 15 is 0 Å². The summed E-state index contributed by atoms with van der Waals surface area (Å²) in [4.78, 5) is 24.9. The van der Waals surface area contributed by atoms with Crippen LogP contribution < -0.4 is 5.73 Å². The molecule has 0 aromatic carbocycles. The van der Waals surface area contributed by atoms with Crippen molar-refractivity contribution < 1.29 is 14.7 Å². The molecule has 0 spiro atoms. The van der Waals surface area contributed by atoms with E-state index in [2.05, 4.69) is 0 Å². The number of likely N-dealkylation sites (tertiary alicyclic amines) is 1. The summed E-state index contributed by atoms with van der Waals surface area (Å²) in [5, 5.41) is 8.78. The highest BCUT2D eigenvalue weighted by molar-refractivity contribution is 5.82. The molecule has 1 amide bonds. The fraction of sp³-hybridized carbons (Fsp3) is 0.857. The predicted octanol–water partition coefficient (Wildman–Crippen LogP) is 1.61. The highest BCUT2D eigenvalue weighted by atomic mass is 16.4. The van der Waals surface area contributed by atoms with E-state index in [0.717, 1.165) is 25.7 Å². The maximum atomic E-state index is 12.4. The first kappa shape index (κ1) is 16.0. The molecule has 1 aliphatic heterocycles. The minimum atomic E-state index is -0.802. The van der Waals surface area contributed by atoms with Crippen molar-refractivity contribution in [1.82, 2.24) is 4.90 Å². The van der Waals surface area contributed by atoms with Gasteiger partial charge in [-0.1, -0.05) is 20.3 Å². The minimum Gasteiger partial charge on any atom is -0.481 e. The van der Waals surface area contributed by atoms with Gasteiger partial charge in [0.15, 0.2) is 0 Å². The van der Waals surface area contributed by atoms with Gasteiger partial charge < -0.3 is 15.7 Å². The van der Waals surface area contributed by atoms with Crippen LogP contribution in [0.2, 0.25) is 0 Å². The summed E-state index contributed by atoms with van der Waals surface area (Å²) < 4.78 is 0. The van der Waals surface area contributed by atoms with E-state index in [1.165, 1.54) is 0 Å². The zero-order valence-corrected chi connectivity index (χ0v) is 12.0. The van der Waals surface area contributed by atoms with Gasteiger partial charge in [0.2, 0.25) is 5.91 Å². The second-order valence-electron chi connectivity index (χ2n) is 5.52. The van der Waals surface area contributed by atoms with Crippen molar-refractivity contribution in [2.75, 3.05) is 6.54 Å². The van der Waals surface area contributed by atoms with Crippen LogP contribution in [0.1, 0.15) is 52.4 Å². The highest BCUT2D eigenvalue weighted by Crippen LogP contribution is 2.23. The molecule has 0 aromatic rings. The molecule has 5 nitrogen and oxygen atoms in total. The Labute approximate surface area is 115 Å². The van der Waals surface area contributed by atoms with Gasteiger partial charge in [-0.15, -0.1) is 0 Å². The lowest BCUT2D eigenvalue weighted by Crippen LogP contribution is -2.52. The Bertz CT molecular complexity index is 320. The van der Waals surface area contributed by atoms with Crippen LogP contribution in [-0.4, -0.2) is 40.5 Å². The van der Waals surface area contributed by atoms with Crippen LogP contribution in [-0.2, 0) is 9.59 Å². The average molecular weight is 270 g/mol. The minimum absolute atomic E-state index is 0.00978. The normalized spacial score (nSPS) is 22.9. The van der Waals surface area contributed by atoms with Crippen molar-refractivity contribution in [2.45, 2.75) is 64.5 Å². The first-order chi connectivity index (χ1) is 8.97. The maximum absolute atomic E-state index is 12.4. The number of aliphatic carboxylic acids is 1. The van der Waals surface area contributed by atoms with Gasteiger partial charge in [-0.2, -0.15) is 0 Å². The number of carboxylic acids is 1. The van der Waals surface area contributed by atoms with E-state index in [4.69, 9.17) is 10.8 Å². The third kappa shape index (κ3) is 4.49. The van der Waals surface area contributed by atoms with Crippen molar-refractivity contribution in [3.63, 3.8) is 0 Å². The average Bonchev–Trinajstić information content (AvgIpc) is 2.42. The Balaban J connectivity index is 2.65. The molecule has 0 bridgehead atoms. The Morgan fingerprint density at radius 2 is 2.11 bits per heavy atom. The zero-order chi connectivity index (χ0) is 14.4. The lowest BCUT2D eigenvalue weighted by Gasteiger charge is -2.38. The van der Waals surface area contributed by atoms with E-state index in [-0.39, 0.29) is 24.3 Å². The van der Waals surface area contributed by atoms with E-state index in [9.17, 15) is 9.59 Å². The number of rotatable bonds is 6. The third-order valence-electron chi connectivity index (χ3n) is 4.14. The summed E-state index contributed by atoms with van der Waals surface area (Å²) in [6.45, 7) is 4.72. The topological polar surface area (TPSA) is 83.6 Å². The molecule has 0 aromatic heterocycles. The number of amides is 1. The monoisotopic (exact) mass is 270 g/mol. The molecule has 1 fully saturated rings. The highest BCUT2D eigenvalue weighted by Gasteiger charge is 2.31. The second kappa shape index (κ2) is 7.48. The lowest BCUT2D eigenvalue weighted by molar-refractivity contribution is -0.141. The van der Waals surface area contributed by atoms with Gasteiger partial charge >= 0.3 is 5.97 Å². The van der Waals surface area contributed by atoms with E-state index in [1.807, 2.05) is 18.7 Å². The number of carboxylic acid groups (broad SMARTS) is 1. The molecule has 1 saturated heterocycles. The molecular weight excluding hydrogens is 244 g/mol. The standard InChI is InChI=1S/C14H26N2O3/c1-3-10(2)13(15)14(19)16-9-5-4-6-11(16)7-8-12(17)18/h10-11,13H,3-9,15H2,1-2H3,(H,17,18). The summed E-state index contributed by atoms with van der Waals surface area (Å²) in [6.07, 6.45) is 4.48. The van der Waals surface area contributed by atoms with Crippen LogP contribution in [0.15, 0.2) is 0 Å². The molecule has 1 heterocycles. The van der Waals surface area contributed by atoms with E-state index in [1.54, 1.807) is 0 Å². The van der Waals surface area contributed by atoms with Crippen molar-refractivity contribution in [2.24, 2.45) is 11.7 Å². The number of carbonyl (C=O) groups is 2. The molecule has 0 radical (unpaired) electrons. The molecule has 3 unspecified atom stereocenters. The number of carbonyl (C=O) groups excluding carboxylic acids is 1.